The van der Waals surface area contributed by atoms with Gasteiger partial charge in [-0.1, -0.05) is 54.0 Å². The van der Waals surface area contributed by atoms with Gasteiger partial charge in [-0.05, 0) is 24.8 Å². The minimum Gasteiger partial charge on any atom is -0.467 e. The van der Waals surface area contributed by atoms with Crippen LogP contribution in [0.5, 0.6) is 0 Å². The Balaban J connectivity index is 2.40. The highest BCUT2D eigenvalue weighted by molar-refractivity contribution is 9.09. The van der Waals surface area contributed by atoms with Gasteiger partial charge in [0.05, 0.1) is 19.0 Å². The summed E-state index contributed by atoms with van der Waals surface area (Å²) in [7, 11) is 2.47. The Labute approximate surface area is 162 Å². The third kappa shape index (κ3) is 4.10. The molecule has 144 valence electrons. The summed E-state index contributed by atoms with van der Waals surface area (Å²) in [6.07, 6.45) is -1.46. The molecule has 2 rings (SSSR count). The Morgan fingerprint density at radius 1 is 1.04 bits per heavy atom. The minimum absolute atomic E-state index is 0.340. The summed E-state index contributed by atoms with van der Waals surface area (Å²) in [5, 5.41) is 0. The van der Waals surface area contributed by atoms with E-state index in [0.717, 1.165) is 6.42 Å². The fourth-order valence-corrected chi connectivity index (χ4v) is 3.48. The van der Waals surface area contributed by atoms with Crippen molar-refractivity contribution < 1.29 is 28.5 Å². The van der Waals surface area contributed by atoms with E-state index < -0.39 is 29.9 Å². The Hall–Kier alpha value is -1.44. The van der Waals surface area contributed by atoms with Crippen LogP contribution in [0.4, 0.5) is 0 Å². The first-order valence-corrected chi connectivity index (χ1v) is 9.41. The number of ether oxygens (including phenoxy) is 4. The van der Waals surface area contributed by atoms with E-state index in [-0.39, 0.29) is 4.83 Å². The van der Waals surface area contributed by atoms with Crippen LogP contribution in [0.15, 0.2) is 24.3 Å². The molecule has 0 spiro atoms. The molecule has 0 bridgehead atoms. The third-order valence-corrected chi connectivity index (χ3v) is 4.87. The van der Waals surface area contributed by atoms with Gasteiger partial charge in [-0.15, -0.1) is 0 Å². The van der Waals surface area contributed by atoms with Crippen LogP contribution in [-0.4, -0.2) is 43.2 Å². The highest BCUT2D eigenvalue weighted by Gasteiger charge is 2.57. The van der Waals surface area contributed by atoms with Gasteiger partial charge in [0.1, 0.15) is 0 Å². The van der Waals surface area contributed by atoms with Crippen molar-refractivity contribution in [2.24, 2.45) is 5.92 Å². The standard InChI is InChI=1S/C19H25BrO6/c1-11(2)10-13-6-8-14(9-7-13)19(12(3)20)25-15(17(21)23-4)16(26-19)18(22)24-5/h6-9,11-12,15-16H,10H2,1-5H3/t12?,15-,16-/m1/s1. The number of halogens is 1. The average molecular weight is 429 g/mol. The second kappa shape index (κ2) is 8.50. The van der Waals surface area contributed by atoms with Gasteiger partial charge in [0, 0.05) is 5.56 Å². The summed E-state index contributed by atoms with van der Waals surface area (Å²) in [4.78, 5) is 23.9. The number of benzene rings is 1. The van der Waals surface area contributed by atoms with E-state index in [1.54, 1.807) is 0 Å². The number of rotatable bonds is 6. The van der Waals surface area contributed by atoms with E-state index in [2.05, 4.69) is 29.8 Å². The van der Waals surface area contributed by atoms with Crippen molar-refractivity contribution in [3.8, 4) is 0 Å². The number of hydrogen-bond donors (Lipinski definition) is 0. The van der Waals surface area contributed by atoms with Gasteiger partial charge in [-0.2, -0.15) is 0 Å². The van der Waals surface area contributed by atoms with E-state index >= 15 is 0 Å². The number of esters is 2. The zero-order valence-corrected chi connectivity index (χ0v) is 17.2. The fraction of sp³-hybridized carbons (Fsp3) is 0.579. The highest BCUT2D eigenvalue weighted by atomic mass is 79.9. The average Bonchev–Trinajstić information content (AvgIpc) is 3.02. The van der Waals surface area contributed by atoms with Crippen LogP contribution in [0.25, 0.3) is 0 Å². The predicted molar refractivity (Wildman–Crippen MR) is 98.8 cm³/mol. The maximum atomic E-state index is 12.1. The molecule has 1 fully saturated rings. The molecule has 26 heavy (non-hydrogen) atoms. The first-order chi connectivity index (χ1) is 12.2. The number of methoxy groups -OCH3 is 2. The lowest BCUT2D eigenvalue weighted by atomic mass is 9.97. The number of carbonyl (C=O) groups is 2. The van der Waals surface area contributed by atoms with Crippen molar-refractivity contribution in [3.05, 3.63) is 35.4 Å². The van der Waals surface area contributed by atoms with Gasteiger partial charge >= 0.3 is 11.9 Å². The SMILES string of the molecule is COC(=O)[C@@H]1OC(c2ccc(CC(C)C)cc2)(C(C)Br)O[C@H]1C(=O)OC. The van der Waals surface area contributed by atoms with Crippen LogP contribution >= 0.6 is 15.9 Å². The summed E-state index contributed by atoms with van der Waals surface area (Å²) in [5.41, 5.74) is 1.89. The predicted octanol–water partition coefficient (Wildman–Crippen LogP) is 2.95. The van der Waals surface area contributed by atoms with Crippen molar-refractivity contribution >= 4 is 27.9 Å². The molecule has 1 aliphatic heterocycles. The Morgan fingerprint density at radius 3 is 1.85 bits per heavy atom. The summed E-state index contributed by atoms with van der Waals surface area (Å²) in [5.74, 6) is -2.15. The molecule has 0 aromatic heterocycles. The lowest BCUT2D eigenvalue weighted by Gasteiger charge is -2.31. The van der Waals surface area contributed by atoms with Gasteiger partial charge in [-0.25, -0.2) is 9.59 Å². The summed E-state index contributed by atoms with van der Waals surface area (Å²) in [6.45, 7) is 6.14. The van der Waals surface area contributed by atoms with Gasteiger partial charge in [0.2, 0.25) is 5.79 Å². The van der Waals surface area contributed by atoms with Crippen LogP contribution in [0.2, 0.25) is 0 Å². The number of alkyl halides is 1. The molecule has 1 unspecified atom stereocenters. The second-order valence-corrected chi connectivity index (χ2v) is 8.08. The van der Waals surface area contributed by atoms with Crippen molar-refractivity contribution in [3.63, 3.8) is 0 Å². The molecule has 1 saturated heterocycles. The third-order valence-electron chi connectivity index (χ3n) is 4.27. The van der Waals surface area contributed by atoms with Crippen LogP contribution in [-0.2, 0) is 40.7 Å². The molecular weight excluding hydrogens is 404 g/mol. The van der Waals surface area contributed by atoms with E-state index in [1.165, 1.54) is 19.8 Å². The largest absolute Gasteiger partial charge is 0.467 e. The van der Waals surface area contributed by atoms with Gasteiger partial charge in [-0.3, -0.25) is 0 Å². The van der Waals surface area contributed by atoms with Gasteiger partial charge in [0.15, 0.2) is 12.2 Å². The maximum Gasteiger partial charge on any atom is 0.338 e. The first kappa shape index (κ1) is 20.9. The number of carbonyl (C=O) groups excluding carboxylic acids is 2. The molecule has 0 aliphatic carbocycles. The van der Waals surface area contributed by atoms with Crippen molar-refractivity contribution in [1.82, 2.24) is 0 Å². The van der Waals surface area contributed by atoms with Gasteiger partial charge in [0.25, 0.3) is 0 Å². The summed E-state index contributed by atoms with van der Waals surface area (Å²) >= 11 is 3.50. The molecule has 1 heterocycles. The Bertz CT molecular complexity index is 616. The van der Waals surface area contributed by atoms with Crippen LogP contribution < -0.4 is 0 Å². The molecule has 1 aliphatic rings. The van der Waals surface area contributed by atoms with Crippen LogP contribution in [0, 0.1) is 5.92 Å². The summed E-state index contributed by atoms with van der Waals surface area (Å²) < 4.78 is 21.5. The molecule has 0 radical (unpaired) electrons. The number of hydrogen-bond acceptors (Lipinski definition) is 6. The van der Waals surface area contributed by atoms with E-state index in [4.69, 9.17) is 18.9 Å². The fourth-order valence-electron chi connectivity index (χ4n) is 3.00. The zero-order valence-electron chi connectivity index (χ0n) is 15.7. The lowest BCUT2D eigenvalue weighted by Crippen LogP contribution is -2.38. The topological polar surface area (TPSA) is 71.1 Å². The second-order valence-electron chi connectivity index (χ2n) is 6.70. The molecular formula is C19H25BrO6. The molecule has 6 nitrogen and oxygen atoms in total. The monoisotopic (exact) mass is 428 g/mol. The molecule has 0 saturated carbocycles. The zero-order chi connectivity index (χ0) is 19.5. The minimum atomic E-state index is -1.31. The van der Waals surface area contributed by atoms with Crippen molar-refractivity contribution in [2.45, 2.75) is 50.0 Å². The van der Waals surface area contributed by atoms with Crippen molar-refractivity contribution in [2.75, 3.05) is 14.2 Å². The van der Waals surface area contributed by atoms with E-state index in [0.29, 0.717) is 11.5 Å². The molecule has 0 N–H and O–H groups in total. The first-order valence-electron chi connectivity index (χ1n) is 8.50. The van der Waals surface area contributed by atoms with Crippen molar-refractivity contribution in [1.29, 1.82) is 0 Å². The highest BCUT2D eigenvalue weighted by Crippen LogP contribution is 2.44. The van der Waals surface area contributed by atoms with Crippen LogP contribution in [0.1, 0.15) is 31.9 Å². The lowest BCUT2D eigenvalue weighted by molar-refractivity contribution is -0.192. The van der Waals surface area contributed by atoms with E-state index in [1.807, 2.05) is 31.2 Å². The van der Waals surface area contributed by atoms with Crippen LogP contribution in [0.3, 0.4) is 0 Å². The quantitative estimate of drug-likeness (QED) is 0.512. The molecule has 3 atom stereocenters. The molecule has 1 aromatic rings. The molecule has 7 heteroatoms. The van der Waals surface area contributed by atoms with Gasteiger partial charge < -0.3 is 18.9 Å². The van der Waals surface area contributed by atoms with E-state index in [9.17, 15) is 9.59 Å². The molecule has 1 aromatic carbocycles. The molecule has 0 amide bonds. The Kier molecular flexibility index (Phi) is 6.82. The maximum absolute atomic E-state index is 12.1. The smallest absolute Gasteiger partial charge is 0.338 e. The normalized spacial score (nSPS) is 22.9. The summed E-state index contributed by atoms with van der Waals surface area (Å²) in [6, 6.07) is 7.78. The Morgan fingerprint density at radius 2 is 1.50 bits per heavy atom.